The minimum Gasteiger partial charge on any atom is -0.464 e. The monoisotopic (exact) mass is 567 g/mol. The molecule has 0 radical (unpaired) electrons. The highest BCUT2D eigenvalue weighted by atomic mass is 32.2. The largest absolute Gasteiger partial charge is 0.464 e. The fourth-order valence-corrected chi connectivity index (χ4v) is 6.39. The van der Waals surface area contributed by atoms with Gasteiger partial charge in [-0.1, -0.05) is 35.9 Å². The third kappa shape index (κ3) is 6.78. The number of rotatable bonds is 9. The Morgan fingerprint density at radius 1 is 1.20 bits per heavy atom. The van der Waals surface area contributed by atoms with Gasteiger partial charge in [0.05, 0.1) is 11.5 Å². The van der Waals surface area contributed by atoms with Crippen molar-refractivity contribution in [3.05, 3.63) is 76.4 Å². The third-order valence-electron chi connectivity index (χ3n) is 7.33. The summed E-state index contributed by atoms with van der Waals surface area (Å²) in [5.74, 6) is -1.19. The zero-order chi connectivity index (χ0) is 29.0. The number of nitrogens with one attached hydrogen (secondary N) is 2. The molecule has 0 saturated carbocycles. The molecule has 40 heavy (non-hydrogen) atoms. The fourth-order valence-electron chi connectivity index (χ4n) is 5.15. The molecule has 0 saturated heterocycles. The van der Waals surface area contributed by atoms with Gasteiger partial charge in [-0.05, 0) is 75.0 Å². The molecule has 2 heterocycles. The molecule has 2 aliphatic heterocycles. The van der Waals surface area contributed by atoms with Gasteiger partial charge in [0.1, 0.15) is 17.9 Å². The molecule has 10 nitrogen and oxygen atoms in total. The van der Waals surface area contributed by atoms with Crippen LogP contribution in [0.5, 0.6) is 0 Å². The number of carbonyl (C=O) groups excluding carboxylic acids is 2. The van der Waals surface area contributed by atoms with Crippen LogP contribution in [0.4, 0.5) is 0 Å². The number of sulfonamides is 1. The Hall–Kier alpha value is -3.54. The van der Waals surface area contributed by atoms with Gasteiger partial charge in [0.15, 0.2) is 0 Å². The van der Waals surface area contributed by atoms with Crippen molar-refractivity contribution < 1.29 is 22.7 Å². The number of nitrogens with two attached hydrogens (primary N) is 1. The molecule has 214 valence electrons. The predicted octanol–water partition coefficient (Wildman–Crippen LogP) is 1.96. The summed E-state index contributed by atoms with van der Waals surface area (Å²) >= 11 is 0. The number of hydrogen-bond donors (Lipinski definition) is 3. The lowest BCUT2D eigenvalue weighted by molar-refractivity contribution is -0.155. The molecule has 0 aromatic heterocycles. The minimum absolute atomic E-state index is 0.00363. The van der Waals surface area contributed by atoms with Crippen LogP contribution in [0.3, 0.4) is 0 Å². The summed E-state index contributed by atoms with van der Waals surface area (Å²) in [6, 6.07) is 9.79. The molecular formula is C29H37N5O5S. The van der Waals surface area contributed by atoms with E-state index in [1.54, 1.807) is 43.3 Å². The van der Waals surface area contributed by atoms with E-state index in [-0.39, 0.29) is 30.3 Å². The van der Waals surface area contributed by atoms with E-state index in [1.807, 2.05) is 26.1 Å². The number of amidine groups is 1. The SMILES string of the molecule is CCOC(=O)[C@H]1CC(C)=CCN1C(=O)[C@H](Cc1cccc(C(=N)N)c1)NS(=O)(=O)c1ccc2c(c1)CCN(C)C2. The summed E-state index contributed by atoms with van der Waals surface area (Å²) in [5.41, 5.74) is 9.75. The van der Waals surface area contributed by atoms with Crippen LogP contribution in [0, 0.1) is 5.41 Å². The average Bonchev–Trinajstić information content (AvgIpc) is 2.92. The topological polar surface area (TPSA) is 146 Å². The Balaban J connectivity index is 1.68. The smallest absolute Gasteiger partial charge is 0.329 e. The maximum atomic E-state index is 14.0. The van der Waals surface area contributed by atoms with Crippen molar-refractivity contribution in [1.82, 2.24) is 14.5 Å². The second-order valence-corrected chi connectivity index (χ2v) is 12.1. The zero-order valence-corrected chi connectivity index (χ0v) is 24.0. The molecule has 11 heteroatoms. The van der Waals surface area contributed by atoms with Crippen LogP contribution in [0.2, 0.25) is 0 Å². The van der Waals surface area contributed by atoms with Gasteiger partial charge in [-0.2, -0.15) is 4.72 Å². The summed E-state index contributed by atoms with van der Waals surface area (Å²) in [7, 11) is -2.08. The number of nitrogen functional groups attached to an aromatic ring is 1. The number of fused-ring (bicyclic) bond motifs is 1. The van der Waals surface area contributed by atoms with Crippen molar-refractivity contribution in [3.63, 3.8) is 0 Å². The second kappa shape index (κ2) is 12.3. The molecule has 2 aromatic rings. The predicted molar refractivity (Wildman–Crippen MR) is 152 cm³/mol. The first-order chi connectivity index (χ1) is 19.0. The van der Waals surface area contributed by atoms with Crippen LogP contribution in [0.25, 0.3) is 0 Å². The van der Waals surface area contributed by atoms with Gasteiger partial charge in [0.25, 0.3) is 0 Å². The van der Waals surface area contributed by atoms with Crippen molar-refractivity contribution in [2.75, 3.05) is 26.7 Å². The second-order valence-electron chi connectivity index (χ2n) is 10.4. The first-order valence-electron chi connectivity index (χ1n) is 13.4. The van der Waals surface area contributed by atoms with Gasteiger partial charge < -0.3 is 20.3 Å². The van der Waals surface area contributed by atoms with E-state index in [0.29, 0.717) is 17.5 Å². The van der Waals surface area contributed by atoms with Crippen molar-refractivity contribution in [3.8, 4) is 0 Å². The highest BCUT2D eigenvalue weighted by Crippen LogP contribution is 2.24. The Morgan fingerprint density at radius 2 is 1.98 bits per heavy atom. The van der Waals surface area contributed by atoms with E-state index < -0.39 is 34.0 Å². The molecular weight excluding hydrogens is 530 g/mol. The molecule has 0 aliphatic carbocycles. The maximum Gasteiger partial charge on any atom is 0.329 e. The lowest BCUT2D eigenvalue weighted by Gasteiger charge is -2.35. The number of carbonyl (C=O) groups is 2. The Bertz CT molecular complexity index is 1440. The van der Waals surface area contributed by atoms with Gasteiger partial charge in [-0.3, -0.25) is 10.2 Å². The van der Waals surface area contributed by atoms with Crippen LogP contribution in [0.15, 0.2) is 59.0 Å². The first-order valence-corrected chi connectivity index (χ1v) is 14.9. The van der Waals surface area contributed by atoms with E-state index in [9.17, 15) is 18.0 Å². The Labute approximate surface area is 235 Å². The molecule has 4 N–H and O–H groups in total. The summed E-state index contributed by atoms with van der Waals surface area (Å²) in [6.07, 6.45) is 2.90. The molecule has 0 bridgehead atoms. The molecule has 4 rings (SSSR count). The van der Waals surface area contributed by atoms with E-state index >= 15 is 0 Å². The summed E-state index contributed by atoms with van der Waals surface area (Å²) < 4.78 is 35.2. The van der Waals surface area contributed by atoms with Gasteiger partial charge in [-0.15, -0.1) is 0 Å². The molecule has 2 atom stereocenters. The standard InChI is InChI=1S/C29H37N5O5S/c1-4-39-29(36)26-14-19(2)10-13-34(26)28(35)25(16-20-6-5-7-22(15-20)27(30)31)32-40(37,38)24-9-8-23-18-33(3)12-11-21(23)17-24/h5-10,15,17,25-26,32H,4,11-14,16,18H2,1-3H3,(H3,30,31)/t25-,26+/m0/s1. The summed E-state index contributed by atoms with van der Waals surface area (Å²) in [4.78, 5) is 30.5. The van der Waals surface area contributed by atoms with Crippen LogP contribution in [-0.4, -0.2) is 74.8 Å². The molecule has 0 spiro atoms. The Morgan fingerprint density at radius 3 is 2.70 bits per heavy atom. The Kier molecular flexibility index (Phi) is 9.07. The lowest BCUT2D eigenvalue weighted by atomic mass is 9.98. The number of hydrogen-bond acceptors (Lipinski definition) is 7. The maximum absolute atomic E-state index is 14.0. The van der Waals surface area contributed by atoms with Crippen molar-refractivity contribution in [2.45, 2.75) is 56.6 Å². The first kappa shape index (κ1) is 29.4. The lowest BCUT2D eigenvalue weighted by Crippen LogP contribution is -2.56. The molecule has 1 amide bonds. The highest BCUT2D eigenvalue weighted by molar-refractivity contribution is 7.89. The molecule has 2 aromatic carbocycles. The van der Waals surface area contributed by atoms with Gasteiger partial charge in [0.2, 0.25) is 15.9 Å². The summed E-state index contributed by atoms with van der Waals surface area (Å²) in [6.45, 7) is 5.48. The highest BCUT2D eigenvalue weighted by Gasteiger charge is 2.38. The van der Waals surface area contributed by atoms with E-state index in [4.69, 9.17) is 15.9 Å². The third-order valence-corrected chi connectivity index (χ3v) is 8.80. The minimum atomic E-state index is -4.11. The van der Waals surface area contributed by atoms with Crippen LogP contribution in [-0.2, 0) is 43.7 Å². The van der Waals surface area contributed by atoms with Crippen LogP contribution in [0.1, 0.15) is 42.5 Å². The van der Waals surface area contributed by atoms with Gasteiger partial charge >= 0.3 is 5.97 Å². The summed E-state index contributed by atoms with van der Waals surface area (Å²) in [5, 5.41) is 7.77. The van der Waals surface area contributed by atoms with E-state index in [2.05, 4.69) is 9.62 Å². The van der Waals surface area contributed by atoms with E-state index in [0.717, 1.165) is 36.2 Å². The van der Waals surface area contributed by atoms with Gasteiger partial charge in [0, 0.05) is 25.2 Å². The van der Waals surface area contributed by atoms with Crippen molar-refractivity contribution >= 4 is 27.7 Å². The van der Waals surface area contributed by atoms with Crippen LogP contribution >= 0.6 is 0 Å². The van der Waals surface area contributed by atoms with E-state index in [1.165, 1.54) is 4.90 Å². The number of amides is 1. The number of ether oxygens (including phenoxy) is 1. The number of esters is 1. The van der Waals surface area contributed by atoms with Crippen molar-refractivity contribution in [1.29, 1.82) is 5.41 Å². The van der Waals surface area contributed by atoms with Crippen LogP contribution < -0.4 is 10.5 Å². The number of benzene rings is 2. The fraction of sp³-hybridized carbons (Fsp3) is 0.414. The average molecular weight is 568 g/mol. The zero-order valence-electron chi connectivity index (χ0n) is 23.1. The molecule has 0 unspecified atom stereocenters. The van der Waals surface area contributed by atoms with Crippen molar-refractivity contribution in [2.24, 2.45) is 5.73 Å². The molecule has 2 aliphatic rings. The molecule has 0 fully saturated rings. The quantitative estimate of drug-likeness (QED) is 0.182. The van der Waals surface area contributed by atoms with Gasteiger partial charge in [-0.25, -0.2) is 13.2 Å². The normalized spacial score (nSPS) is 18.4. The number of likely N-dealkylation sites (N-methyl/N-ethyl adjacent to an activating group) is 1. The number of nitrogens with zero attached hydrogens (tertiary/aromatic N) is 2.